The lowest BCUT2D eigenvalue weighted by atomic mass is 9.88. The number of likely N-dealkylation sites (tertiary alicyclic amines) is 1. The van der Waals surface area contributed by atoms with E-state index in [1.807, 2.05) is 4.90 Å². The highest BCUT2D eigenvalue weighted by atomic mass is 16.5. The van der Waals surface area contributed by atoms with E-state index in [0.29, 0.717) is 63.5 Å². The summed E-state index contributed by atoms with van der Waals surface area (Å²) in [6.45, 7) is 3.36. The molecule has 0 radical (unpaired) electrons. The number of ether oxygens (including phenoxy) is 2. The zero-order chi connectivity index (χ0) is 21.8. The largest absolute Gasteiger partial charge is 0.497 e. The smallest absolute Gasteiger partial charge is 0.252 e. The second-order valence-corrected chi connectivity index (χ2v) is 8.56. The summed E-state index contributed by atoms with van der Waals surface area (Å²) in [5, 5.41) is 3.00. The fourth-order valence-electron chi connectivity index (χ4n) is 4.39. The van der Waals surface area contributed by atoms with Gasteiger partial charge in [0.05, 0.1) is 20.3 Å². The molecule has 3 fully saturated rings. The van der Waals surface area contributed by atoms with Crippen molar-refractivity contribution in [2.24, 2.45) is 11.8 Å². The molecule has 3 aliphatic rings. The van der Waals surface area contributed by atoms with Crippen LogP contribution < -0.4 is 10.1 Å². The number of carbonyl (C=O) groups excluding carboxylic acids is 3. The van der Waals surface area contributed by atoms with Crippen molar-refractivity contribution < 1.29 is 23.9 Å². The van der Waals surface area contributed by atoms with Gasteiger partial charge in [0.1, 0.15) is 11.8 Å². The lowest BCUT2D eigenvalue weighted by molar-refractivity contribution is -0.140. The van der Waals surface area contributed by atoms with Gasteiger partial charge < -0.3 is 24.6 Å². The molecule has 2 heterocycles. The fourth-order valence-corrected chi connectivity index (χ4v) is 4.39. The molecule has 1 N–H and O–H groups in total. The van der Waals surface area contributed by atoms with Crippen LogP contribution in [0.5, 0.6) is 5.75 Å². The summed E-state index contributed by atoms with van der Waals surface area (Å²) < 4.78 is 10.6. The molecule has 1 saturated carbocycles. The second-order valence-electron chi connectivity index (χ2n) is 8.56. The van der Waals surface area contributed by atoms with Crippen molar-refractivity contribution in [3.8, 4) is 5.75 Å². The van der Waals surface area contributed by atoms with E-state index >= 15 is 0 Å². The third-order valence-corrected chi connectivity index (χ3v) is 6.46. The minimum atomic E-state index is -0.616. The molecule has 31 heavy (non-hydrogen) atoms. The van der Waals surface area contributed by atoms with E-state index in [1.165, 1.54) is 0 Å². The molecule has 8 nitrogen and oxygen atoms in total. The number of nitrogens with one attached hydrogen (secondary N) is 1. The average molecular weight is 430 g/mol. The molecule has 1 aromatic carbocycles. The minimum absolute atomic E-state index is 0.00634. The Hall–Kier alpha value is -2.61. The summed E-state index contributed by atoms with van der Waals surface area (Å²) in [7, 11) is 1.55. The van der Waals surface area contributed by atoms with Gasteiger partial charge in [-0.3, -0.25) is 14.4 Å². The van der Waals surface area contributed by atoms with Crippen LogP contribution in [-0.2, 0) is 14.3 Å². The Morgan fingerprint density at radius 2 is 1.74 bits per heavy atom. The third kappa shape index (κ3) is 5.18. The van der Waals surface area contributed by atoms with E-state index in [2.05, 4.69) is 5.32 Å². The summed E-state index contributed by atoms with van der Waals surface area (Å²) in [6, 6.07) is 6.30. The van der Waals surface area contributed by atoms with Crippen molar-refractivity contribution in [3.63, 3.8) is 0 Å². The highest BCUT2D eigenvalue weighted by Gasteiger charge is 2.39. The Bertz CT molecular complexity index is 811. The predicted molar refractivity (Wildman–Crippen MR) is 114 cm³/mol. The Kier molecular flexibility index (Phi) is 6.75. The zero-order valence-electron chi connectivity index (χ0n) is 18.0. The Balaban J connectivity index is 1.46. The molecule has 8 heteroatoms. The number of nitrogens with zero attached hydrogens (tertiary/aromatic N) is 2. The lowest BCUT2D eigenvalue weighted by Crippen LogP contribution is -2.56. The van der Waals surface area contributed by atoms with E-state index < -0.39 is 6.04 Å². The van der Waals surface area contributed by atoms with Gasteiger partial charge in [0.15, 0.2) is 0 Å². The van der Waals surface area contributed by atoms with Crippen LogP contribution in [-0.4, -0.2) is 80.1 Å². The molecule has 4 rings (SSSR count). The van der Waals surface area contributed by atoms with Crippen LogP contribution in [0.4, 0.5) is 0 Å². The van der Waals surface area contributed by atoms with Crippen molar-refractivity contribution in [2.45, 2.75) is 31.7 Å². The van der Waals surface area contributed by atoms with E-state index in [9.17, 15) is 14.4 Å². The first-order chi connectivity index (χ1) is 15.1. The Morgan fingerprint density at radius 3 is 2.39 bits per heavy atom. The standard InChI is InChI=1S/C23H31N3O5/c1-30-19-4-2-3-18(15-19)21(27)24-20(23(29)26-11-13-31-14-12-26)16-7-9-25(10-8-16)22(28)17-5-6-17/h2-4,15-17,20H,5-14H2,1H3,(H,24,27). The molecule has 2 saturated heterocycles. The Labute approximate surface area is 182 Å². The van der Waals surface area contributed by atoms with Crippen LogP contribution in [0.15, 0.2) is 24.3 Å². The molecule has 1 aromatic rings. The van der Waals surface area contributed by atoms with Crippen molar-refractivity contribution in [1.29, 1.82) is 0 Å². The maximum Gasteiger partial charge on any atom is 0.252 e. The number of piperidine rings is 1. The number of rotatable bonds is 6. The number of benzene rings is 1. The normalized spacial score (nSPS) is 20.8. The summed E-state index contributed by atoms with van der Waals surface area (Å²) in [5.41, 5.74) is 0.459. The molecule has 1 aliphatic carbocycles. The van der Waals surface area contributed by atoms with E-state index in [4.69, 9.17) is 9.47 Å². The van der Waals surface area contributed by atoms with Gasteiger partial charge in [0.25, 0.3) is 5.91 Å². The first-order valence-electron chi connectivity index (χ1n) is 11.2. The van der Waals surface area contributed by atoms with Crippen LogP contribution in [0.2, 0.25) is 0 Å². The van der Waals surface area contributed by atoms with Crippen molar-refractivity contribution in [1.82, 2.24) is 15.1 Å². The predicted octanol–water partition coefficient (Wildman–Crippen LogP) is 1.30. The highest BCUT2D eigenvalue weighted by Crippen LogP contribution is 2.33. The highest BCUT2D eigenvalue weighted by molar-refractivity contribution is 5.98. The van der Waals surface area contributed by atoms with Crippen LogP contribution in [0.3, 0.4) is 0 Å². The molecule has 1 unspecified atom stereocenters. The first kappa shape index (κ1) is 21.6. The third-order valence-electron chi connectivity index (χ3n) is 6.46. The molecule has 0 bridgehead atoms. The van der Waals surface area contributed by atoms with Crippen LogP contribution in [0.1, 0.15) is 36.0 Å². The number of amides is 3. The molecule has 1 atom stereocenters. The summed E-state index contributed by atoms with van der Waals surface area (Å²) in [5.74, 6) is 0.683. The fraction of sp³-hybridized carbons (Fsp3) is 0.609. The number of hydrogen-bond donors (Lipinski definition) is 1. The summed E-state index contributed by atoms with van der Waals surface area (Å²) in [4.78, 5) is 42.5. The van der Waals surface area contributed by atoms with Crippen molar-refractivity contribution in [3.05, 3.63) is 29.8 Å². The van der Waals surface area contributed by atoms with E-state index in [-0.39, 0.29) is 29.6 Å². The second kappa shape index (κ2) is 9.68. The molecular weight excluding hydrogens is 398 g/mol. The van der Waals surface area contributed by atoms with Gasteiger partial charge in [0.2, 0.25) is 11.8 Å². The topological polar surface area (TPSA) is 88.2 Å². The monoisotopic (exact) mass is 429 g/mol. The first-order valence-corrected chi connectivity index (χ1v) is 11.2. The minimum Gasteiger partial charge on any atom is -0.497 e. The SMILES string of the molecule is COc1cccc(C(=O)NC(C(=O)N2CCOCC2)C2CCN(C(=O)C3CC3)CC2)c1. The molecule has 0 aromatic heterocycles. The van der Waals surface area contributed by atoms with Gasteiger partial charge in [-0.1, -0.05) is 6.07 Å². The van der Waals surface area contributed by atoms with Gasteiger partial charge in [-0.25, -0.2) is 0 Å². The molecule has 168 valence electrons. The molecular formula is C23H31N3O5. The van der Waals surface area contributed by atoms with E-state index in [1.54, 1.807) is 36.3 Å². The average Bonchev–Trinajstić information content (AvgIpc) is 3.68. The van der Waals surface area contributed by atoms with Gasteiger partial charge >= 0.3 is 0 Å². The van der Waals surface area contributed by atoms with Crippen molar-refractivity contribution in [2.75, 3.05) is 46.5 Å². The number of morpholine rings is 1. The van der Waals surface area contributed by atoms with Gasteiger partial charge in [-0.15, -0.1) is 0 Å². The zero-order valence-corrected chi connectivity index (χ0v) is 18.0. The number of carbonyl (C=O) groups is 3. The summed E-state index contributed by atoms with van der Waals surface area (Å²) in [6.07, 6.45) is 3.40. The Morgan fingerprint density at radius 1 is 1.03 bits per heavy atom. The summed E-state index contributed by atoms with van der Waals surface area (Å²) >= 11 is 0. The van der Waals surface area contributed by atoms with Crippen LogP contribution in [0, 0.1) is 11.8 Å². The van der Waals surface area contributed by atoms with Gasteiger partial charge in [0, 0.05) is 37.7 Å². The molecule has 2 aliphatic heterocycles. The molecule has 3 amide bonds. The van der Waals surface area contributed by atoms with Crippen molar-refractivity contribution >= 4 is 17.7 Å². The van der Waals surface area contributed by atoms with Crippen LogP contribution in [0.25, 0.3) is 0 Å². The van der Waals surface area contributed by atoms with Crippen LogP contribution >= 0.6 is 0 Å². The number of methoxy groups -OCH3 is 1. The quantitative estimate of drug-likeness (QED) is 0.737. The maximum absolute atomic E-state index is 13.4. The maximum atomic E-state index is 13.4. The lowest BCUT2D eigenvalue weighted by Gasteiger charge is -2.38. The van der Waals surface area contributed by atoms with E-state index in [0.717, 1.165) is 12.8 Å². The number of hydrogen-bond acceptors (Lipinski definition) is 5. The van der Waals surface area contributed by atoms with Gasteiger partial charge in [-0.2, -0.15) is 0 Å². The van der Waals surface area contributed by atoms with Gasteiger partial charge in [-0.05, 0) is 49.8 Å². The molecule has 0 spiro atoms.